The molecule has 1 aromatic rings. The van der Waals surface area contributed by atoms with Gasteiger partial charge in [-0.25, -0.2) is 0 Å². The summed E-state index contributed by atoms with van der Waals surface area (Å²) in [6.07, 6.45) is 0.181. The van der Waals surface area contributed by atoms with Gasteiger partial charge in [-0.05, 0) is 27.5 Å². The number of benzene rings is 1. The van der Waals surface area contributed by atoms with E-state index in [9.17, 15) is 14.7 Å². The lowest BCUT2D eigenvalue weighted by Crippen LogP contribution is -2.19. The first-order valence-electron chi connectivity index (χ1n) is 7.96. The first kappa shape index (κ1) is 19.2. The Bertz CT molecular complexity index is 566. The molecular formula is C19H28O4. The number of phenolic OH excluding ortho intramolecular Hbond substituents is 1. The summed E-state index contributed by atoms with van der Waals surface area (Å²) < 4.78 is 4.74. The highest BCUT2D eigenvalue weighted by molar-refractivity contribution is 5.86. The van der Waals surface area contributed by atoms with Crippen molar-refractivity contribution in [2.75, 3.05) is 0 Å². The normalized spacial score (nSPS) is 12.1. The molecule has 0 spiro atoms. The highest BCUT2D eigenvalue weighted by Gasteiger charge is 2.27. The maximum Gasteiger partial charge on any atom is 0.317 e. The van der Waals surface area contributed by atoms with E-state index in [4.69, 9.17) is 4.74 Å². The number of hydrogen-bond donors (Lipinski definition) is 1. The molecule has 0 unspecified atom stereocenters. The van der Waals surface area contributed by atoms with Crippen LogP contribution >= 0.6 is 0 Å². The Balaban J connectivity index is 3.29. The van der Waals surface area contributed by atoms with Crippen LogP contribution in [0.3, 0.4) is 0 Å². The summed E-state index contributed by atoms with van der Waals surface area (Å²) in [6, 6.07) is 3.64. The second-order valence-electron chi connectivity index (χ2n) is 7.92. The molecule has 0 aromatic heterocycles. The molecule has 1 aromatic carbocycles. The van der Waals surface area contributed by atoms with Crippen molar-refractivity contribution in [1.29, 1.82) is 0 Å². The molecule has 0 amide bonds. The Morgan fingerprint density at radius 1 is 0.957 bits per heavy atom. The molecule has 0 heterocycles. The van der Waals surface area contributed by atoms with E-state index in [0.717, 1.165) is 16.7 Å². The third-order valence-electron chi connectivity index (χ3n) is 3.65. The Hall–Kier alpha value is -1.84. The van der Waals surface area contributed by atoms with E-state index in [0.29, 0.717) is 0 Å². The van der Waals surface area contributed by atoms with Gasteiger partial charge in [-0.3, -0.25) is 9.59 Å². The summed E-state index contributed by atoms with van der Waals surface area (Å²) in [4.78, 5) is 23.1. The van der Waals surface area contributed by atoms with Gasteiger partial charge in [-0.15, -0.1) is 0 Å². The van der Waals surface area contributed by atoms with Gasteiger partial charge in [0.1, 0.15) is 5.75 Å². The van der Waals surface area contributed by atoms with Gasteiger partial charge in [0.25, 0.3) is 0 Å². The summed E-state index contributed by atoms with van der Waals surface area (Å²) in [5.41, 5.74) is 1.79. The molecule has 23 heavy (non-hydrogen) atoms. The van der Waals surface area contributed by atoms with Crippen molar-refractivity contribution in [3.63, 3.8) is 0 Å². The Morgan fingerprint density at radius 3 is 1.74 bits per heavy atom. The number of aromatic hydroxyl groups is 1. The zero-order chi connectivity index (χ0) is 18.0. The molecule has 0 aliphatic heterocycles. The minimum absolute atomic E-state index is 0.0121. The maximum absolute atomic E-state index is 11.9. The maximum atomic E-state index is 11.9. The van der Waals surface area contributed by atoms with Crippen LogP contribution in [0.4, 0.5) is 0 Å². The van der Waals surface area contributed by atoms with Gasteiger partial charge in [0.2, 0.25) is 0 Å². The molecule has 0 radical (unpaired) electrons. The fraction of sp³-hybridized carbons (Fsp3) is 0.579. The fourth-order valence-electron chi connectivity index (χ4n) is 2.34. The topological polar surface area (TPSA) is 63.6 Å². The zero-order valence-corrected chi connectivity index (χ0v) is 15.2. The van der Waals surface area contributed by atoms with E-state index in [-0.39, 0.29) is 29.4 Å². The number of hydrogen-bond acceptors (Lipinski definition) is 4. The van der Waals surface area contributed by atoms with Crippen molar-refractivity contribution in [3.8, 4) is 5.75 Å². The molecule has 1 N–H and O–H groups in total. The number of rotatable bonds is 3. The van der Waals surface area contributed by atoms with E-state index in [1.165, 1.54) is 0 Å². The van der Waals surface area contributed by atoms with Gasteiger partial charge in [0.15, 0.2) is 0 Å². The van der Waals surface area contributed by atoms with E-state index < -0.39 is 11.9 Å². The molecule has 0 saturated carbocycles. The van der Waals surface area contributed by atoms with Crippen LogP contribution in [0, 0.1) is 0 Å². The molecule has 0 aliphatic carbocycles. The van der Waals surface area contributed by atoms with Crippen LogP contribution in [0.2, 0.25) is 0 Å². The van der Waals surface area contributed by atoms with E-state index in [1.807, 2.05) is 53.7 Å². The largest absolute Gasteiger partial charge is 0.507 e. The lowest BCUT2D eigenvalue weighted by Gasteiger charge is -2.28. The predicted molar refractivity (Wildman–Crippen MR) is 90.6 cm³/mol. The average molecular weight is 320 g/mol. The first-order valence-corrected chi connectivity index (χ1v) is 7.96. The van der Waals surface area contributed by atoms with Crippen molar-refractivity contribution in [1.82, 2.24) is 0 Å². The lowest BCUT2D eigenvalue weighted by molar-refractivity contribution is -0.158. The minimum atomic E-state index is -0.567. The standard InChI is InChI=1S/C19H28O4/c1-8-15(20)23-16(21)11-12-9-13(18(2,3)4)17(22)14(10-12)19(5,6)7/h9-10,22H,8,11H2,1-7H3. The first-order chi connectivity index (χ1) is 10.4. The molecule has 0 fully saturated rings. The van der Waals surface area contributed by atoms with Crippen molar-refractivity contribution < 1.29 is 19.4 Å². The molecule has 0 bridgehead atoms. The fourth-order valence-corrected chi connectivity index (χ4v) is 2.34. The van der Waals surface area contributed by atoms with E-state index in [2.05, 4.69) is 0 Å². The molecule has 128 valence electrons. The second-order valence-corrected chi connectivity index (χ2v) is 7.92. The molecular weight excluding hydrogens is 292 g/mol. The third-order valence-corrected chi connectivity index (χ3v) is 3.65. The smallest absolute Gasteiger partial charge is 0.317 e. The SMILES string of the molecule is CCC(=O)OC(=O)Cc1cc(C(C)(C)C)c(O)c(C(C)(C)C)c1. The lowest BCUT2D eigenvalue weighted by atomic mass is 9.78. The third kappa shape index (κ3) is 5.08. The minimum Gasteiger partial charge on any atom is -0.507 e. The van der Waals surface area contributed by atoms with Crippen molar-refractivity contribution in [2.24, 2.45) is 0 Å². The van der Waals surface area contributed by atoms with Gasteiger partial charge in [-0.1, -0.05) is 60.6 Å². The van der Waals surface area contributed by atoms with Crippen molar-refractivity contribution in [3.05, 3.63) is 28.8 Å². The van der Waals surface area contributed by atoms with Crippen LogP contribution in [0.1, 0.15) is 71.6 Å². The molecule has 4 nitrogen and oxygen atoms in total. The molecule has 0 atom stereocenters. The van der Waals surface area contributed by atoms with Crippen LogP contribution in [0.25, 0.3) is 0 Å². The van der Waals surface area contributed by atoms with Crippen LogP contribution < -0.4 is 0 Å². The molecule has 0 aliphatic rings. The average Bonchev–Trinajstić information content (AvgIpc) is 2.37. The van der Waals surface area contributed by atoms with E-state index >= 15 is 0 Å². The zero-order valence-electron chi connectivity index (χ0n) is 15.2. The Kier molecular flexibility index (Phi) is 5.62. The molecule has 1 rings (SSSR count). The predicted octanol–water partition coefficient (Wildman–Crippen LogP) is 4.01. The summed E-state index contributed by atoms with van der Waals surface area (Å²) in [7, 11) is 0. The van der Waals surface area contributed by atoms with Crippen LogP contribution in [0.15, 0.2) is 12.1 Å². The second kappa shape index (κ2) is 6.73. The van der Waals surface area contributed by atoms with Gasteiger partial charge >= 0.3 is 11.9 Å². The monoisotopic (exact) mass is 320 g/mol. The van der Waals surface area contributed by atoms with E-state index in [1.54, 1.807) is 6.92 Å². The Morgan fingerprint density at radius 2 is 1.39 bits per heavy atom. The summed E-state index contributed by atoms with van der Waals surface area (Å²) in [5, 5.41) is 10.6. The number of carbonyl (C=O) groups excluding carboxylic acids is 2. The van der Waals surface area contributed by atoms with Crippen LogP contribution in [-0.4, -0.2) is 17.0 Å². The van der Waals surface area contributed by atoms with Crippen molar-refractivity contribution in [2.45, 2.75) is 72.1 Å². The number of ether oxygens (including phenoxy) is 1. The van der Waals surface area contributed by atoms with Gasteiger partial charge in [-0.2, -0.15) is 0 Å². The van der Waals surface area contributed by atoms with Crippen LogP contribution in [-0.2, 0) is 31.6 Å². The highest BCUT2D eigenvalue weighted by atomic mass is 16.6. The summed E-state index contributed by atoms with van der Waals surface area (Å²) in [5.74, 6) is -0.824. The quantitative estimate of drug-likeness (QED) is 0.675. The van der Waals surface area contributed by atoms with Gasteiger partial charge in [0.05, 0.1) is 6.42 Å². The van der Waals surface area contributed by atoms with Gasteiger partial charge in [0, 0.05) is 6.42 Å². The van der Waals surface area contributed by atoms with Crippen molar-refractivity contribution >= 4 is 11.9 Å². The molecule has 4 heteroatoms. The number of esters is 2. The van der Waals surface area contributed by atoms with Crippen LogP contribution in [0.5, 0.6) is 5.75 Å². The number of carbonyl (C=O) groups is 2. The summed E-state index contributed by atoms with van der Waals surface area (Å²) in [6.45, 7) is 13.7. The Labute approximate surface area is 138 Å². The van der Waals surface area contributed by atoms with Gasteiger partial charge < -0.3 is 9.84 Å². The number of phenols is 1. The highest BCUT2D eigenvalue weighted by Crippen LogP contribution is 2.39. The summed E-state index contributed by atoms with van der Waals surface area (Å²) >= 11 is 0. The molecule has 0 saturated heterocycles.